The van der Waals surface area contributed by atoms with Crippen LogP contribution in [0.1, 0.15) is 36.2 Å². The zero-order valence-corrected chi connectivity index (χ0v) is 13.8. The molecule has 2 aromatic heterocycles. The van der Waals surface area contributed by atoms with Gasteiger partial charge in [0.25, 0.3) is 0 Å². The summed E-state index contributed by atoms with van der Waals surface area (Å²) in [4.78, 5) is 1.16. The third kappa shape index (κ3) is 3.21. The van der Waals surface area contributed by atoms with Gasteiger partial charge in [-0.25, -0.2) is 0 Å². The summed E-state index contributed by atoms with van der Waals surface area (Å²) in [5.41, 5.74) is 2.26. The molecule has 0 spiro atoms. The van der Waals surface area contributed by atoms with E-state index in [1.165, 1.54) is 17.2 Å². The van der Waals surface area contributed by atoms with Crippen LogP contribution in [0.15, 0.2) is 10.7 Å². The van der Waals surface area contributed by atoms with Gasteiger partial charge < -0.3 is 5.32 Å². The number of likely N-dealkylation sites (N-methyl/N-ethyl adjacent to an activating group) is 1. The number of hydrogen-bond donors (Lipinski definition) is 1. The molecule has 0 saturated carbocycles. The van der Waals surface area contributed by atoms with Gasteiger partial charge in [-0.1, -0.05) is 11.4 Å². The Morgan fingerprint density at radius 3 is 2.84 bits per heavy atom. The fourth-order valence-corrected chi connectivity index (χ4v) is 3.13. The van der Waals surface area contributed by atoms with Crippen LogP contribution in [0.3, 0.4) is 0 Å². The predicted octanol–water partition coefficient (Wildman–Crippen LogP) is 2.72. The highest BCUT2D eigenvalue weighted by Crippen LogP contribution is 2.27. The van der Waals surface area contributed by atoms with Gasteiger partial charge in [-0.05, 0) is 47.9 Å². The molecule has 0 aliphatic heterocycles. The molecule has 19 heavy (non-hydrogen) atoms. The van der Waals surface area contributed by atoms with Gasteiger partial charge in [-0.15, -0.1) is 5.10 Å². The molecule has 0 saturated heterocycles. The van der Waals surface area contributed by atoms with Crippen LogP contribution in [-0.2, 0) is 13.0 Å². The van der Waals surface area contributed by atoms with E-state index in [-0.39, 0.29) is 6.04 Å². The molecule has 104 valence electrons. The van der Waals surface area contributed by atoms with Crippen molar-refractivity contribution in [3.8, 4) is 0 Å². The maximum Gasteiger partial charge on any atom is 0.0738 e. The van der Waals surface area contributed by atoms with Crippen LogP contribution < -0.4 is 5.32 Å². The molecular weight excluding hydrogens is 326 g/mol. The fourth-order valence-electron chi connectivity index (χ4n) is 2.11. The van der Waals surface area contributed by atoms with Crippen LogP contribution in [0.25, 0.3) is 0 Å². The summed E-state index contributed by atoms with van der Waals surface area (Å²) in [7, 11) is 0. The van der Waals surface area contributed by atoms with Crippen molar-refractivity contribution in [1.29, 1.82) is 0 Å². The maximum absolute atomic E-state index is 4.54. The van der Waals surface area contributed by atoms with Crippen molar-refractivity contribution in [3.05, 3.63) is 26.9 Å². The second-order valence-corrected chi connectivity index (χ2v) is 5.91. The minimum absolute atomic E-state index is 0.239. The smallest absolute Gasteiger partial charge is 0.0738 e. The second-order valence-electron chi connectivity index (χ2n) is 4.30. The van der Waals surface area contributed by atoms with Crippen molar-refractivity contribution < 1.29 is 0 Å². The molecule has 0 amide bonds. The average Bonchev–Trinajstić information content (AvgIpc) is 3.01. The van der Waals surface area contributed by atoms with E-state index in [4.69, 9.17) is 0 Å². The van der Waals surface area contributed by atoms with Crippen LogP contribution in [0.2, 0.25) is 0 Å². The first-order chi connectivity index (χ1) is 9.17. The van der Waals surface area contributed by atoms with Crippen molar-refractivity contribution in [2.45, 2.75) is 39.8 Å². The van der Waals surface area contributed by atoms with Crippen LogP contribution in [0.5, 0.6) is 0 Å². The SMILES string of the molecule is CCNC(Cc1c(Br)c(C)nn1CC)c1cnns1. The van der Waals surface area contributed by atoms with E-state index in [9.17, 15) is 0 Å². The molecule has 1 atom stereocenters. The van der Waals surface area contributed by atoms with Crippen molar-refractivity contribution >= 4 is 27.5 Å². The van der Waals surface area contributed by atoms with E-state index >= 15 is 0 Å². The molecular formula is C12H18BrN5S. The van der Waals surface area contributed by atoms with Gasteiger partial charge in [0.2, 0.25) is 0 Å². The maximum atomic E-state index is 4.54. The van der Waals surface area contributed by atoms with Crippen molar-refractivity contribution in [3.63, 3.8) is 0 Å². The molecule has 0 aliphatic carbocycles. The van der Waals surface area contributed by atoms with Crippen molar-refractivity contribution in [1.82, 2.24) is 24.7 Å². The number of rotatable bonds is 6. The largest absolute Gasteiger partial charge is 0.309 e. The summed E-state index contributed by atoms with van der Waals surface area (Å²) in [5.74, 6) is 0. The van der Waals surface area contributed by atoms with Crippen LogP contribution >= 0.6 is 27.5 Å². The summed E-state index contributed by atoms with van der Waals surface area (Å²) >= 11 is 5.09. The van der Waals surface area contributed by atoms with Gasteiger partial charge in [0.05, 0.1) is 33.0 Å². The van der Waals surface area contributed by atoms with E-state index in [1.807, 2.05) is 13.1 Å². The second kappa shape index (κ2) is 6.58. The molecule has 7 heteroatoms. The Morgan fingerprint density at radius 2 is 2.26 bits per heavy atom. The molecule has 5 nitrogen and oxygen atoms in total. The minimum atomic E-state index is 0.239. The highest BCUT2D eigenvalue weighted by atomic mass is 79.9. The van der Waals surface area contributed by atoms with Crippen LogP contribution in [0, 0.1) is 6.92 Å². The molecule has 0 radical (unpaired) electrons. The van der Waals surface area contributed by atoms with Crippen molar-refractivity contribution in [2.75, 3.05) is 6.54 Å². The molecule has 1 N–H and O–H groups in total. The molecule has 0 aliphatic rings. The van der Waals surface area contributed by atoms with Gasteiger partial charge in [0.1, 0.15) is 0 Å². The molecule has 2 heterocycles. The highest BCUT2D eigenvalue weighted by Gasteiger charge is 2.19. The normalized spacial score (nSPS) is 12.8. The Kier molecular flexibility index (Phi) is 5.06. The lowest BCUT2D eigenvalue weighted by molar-refractivity contribution is 0.520. The van der Waals surface area contributed by atoms with E-state index < -0.39 is 0 Å². The third-order valence-corrected chi connectivity index (χ3v) is 4.83. The third-order valence-electron chi connectivity index (χ3n) is 3.02. The van der Waals surface area contributed by atoms with Gasteiger partial charge in [0, 0.05) is 13.0 Å². The Labute approximate surface area is 125 Å². The molecule has 0 fully saturated rings. The highest BCUT2D eigenvalue weighted by molar-refractivity contribution is 9.10. The Hall–Kier alpha value is -0.790. The Bertz CT molecular complexity index is 522. The van der Waals surface area contributed by atoms with Gasteiger partial charge in [-0.3, -0.25) is 4.68 Å². The lowest BCUT2D eigenvalue weighted by Crippen LogP contribution is -2.23. The van der Waals surface area contributed by atoms with Gasteiger partial charge in [-0.2, -0.15) is 5.10 Å². The molecule has 0 bridgehead atoms. The lowest BCUT2D eigenvalue weighted by atomic mass is 10.1. The Balaban J connectivity index is 2.27. The summed E-state index contributed by atoms with van der Waals surface area (Å²) in [6.07, 6.45) is 2.72. The minimum Gasteiger partial charge on any atom is -0.309 e. The van der Waals surface area contributed by atoms with Crippen LogP contribution in [-0.4, -0.2) is 25.9 Å². The van der Waals surface area contributed by atoms with E-state index in [1.54, 1.807) is 0 Å². The lowest BCUT2D eigenvalue weighted by Gasteiger charge is -2.16. The molecule has 2 rings (SSSR count). The van der Waals surface area contributed by atoms with Gasteiger partial charge in [0.15, 0.2) is 0 Å². The average molecular weight is 344 g/mol. The first-order valence-electron chi connectivity index (χ1n) is 6.39. The van der Waals surface area contributed by atoms with E-state index in [0.717, 1.165) is 34.6 Å². The number of hydrogen-bond acceptors (Lipinski definition) is 5. The van der Waals surface area contributed by atoms with Crippen LogP contribution in [0.4, 0.5) is 0 Å². The summed E-state index contributed by atoms with van der Waals surface area (Å²) < 4.78 is 7.11. The number of halogens is 1. The van der Waals surface area contributed by atoms with E-state index in [0.29, 0.717) is 0 Å². The Morgan fingerprint density at radius 1 is 1.47 bits per heavy atom. The quantitative estimate of drug-likeness (QED) is 0.875. The molecule has 1 unspecified atom stereocenters. The van der Waals surface area contributed by atoms with E-state index in [2.05, 4.69) is 54.5 Å². The van der Waals surface area contributed by atoms with Gasteiger partial charge >= 0.3 is 0 Å². The molecule has 2 aromatic rings. The zero-order chi connectivity index (χ0) is 13.8. The monoisotopic (exact) mass is 343 g/mol. The van der Waals surface area contributed by atoms with Crippen molar-refractivity contribution in [2.24, 2.45) is 0 Å². The summed E-state index contributed by atoms with van der Waals surface area (Å²) in [5, 5.41) is 12.0. The number of nitrogens with one attached hydrogen (secondary N) is 1. The first kappa shape index (κ1) is 14.6. The standard InChI is InChI=1S/C12H18BrN5S/c1-4-14-9(11-7-15-17-19-11)6-10-12(13)8(3)16-18(10)5-2/h7,9,14H,4-6H2,1-3H3. The summed E-state index contributed by atoms with van der Waals surface area (Å²) in [6.45, 7) is 8.04. The predicted molar refractivity (Wildman–Crippen MR) is 80.4 cm³/mol. The summed E-state index contributed by atoms with van der Waals surface area (Å²) in [6, 6.07) is 0.239. The first-order valence-corrected chi connectivity index (χ1v) is 7.96. The fraction of sp³-hybridized carbons (Fsp3) is 0.583. The number of nitrogens with zero attached hydrogens (tertiary/aromatic N) is 4. The number of aryl methyl sites for hydroxylation is 2. The molecule has 0 aromatic carbocycles. The topological polar surface area (TPSA) is 55.6 Å². The number of aromatic nitrogens is 4. The zero-order valence-electron chi connectivity index (χ0n) is 11.4.